The summed E-state index contributed by atoms with van der Waals surface area (Å²) in [5.41, 5.74) is 9.79. The molecule has 2 aliphatic carbocycles. The molecule has 4 rings (SSSR count). The van der Waals surface area contributed by atoms with Crippen LogP contribution in [0.25, 0.3) is 0 Å². The Morgan fingerprint density at radius 2 is 1.61 bits per heavy atom. The molecule has 0 unspecified atom stereocenters. The van der Waals surface area contributed by atoms with E-state index in [0.717, 1.165) is 55.5 Å². The molecule has 0 aliphatic heterocycles. The summed E-state index contributed by atoms with van der Waals surface area (Å²) >= 11 is 0. The van der Waals surface area contributed by atoms with Crippen LogP contribution in [0, 0.1) is 5.92 Å². The summed E-state index contributed by atoms with van der Waals surface area (Å²) in [5.74, 6) is 1.15. The van der Waals surface area contributed by atoms with Crippen molar-refractivity contribution in [3.05, 3.63) is 58.9 Å². The SMILES string of the molecule is CC(C)(C)OC(=O)Nc1ccc(C2CCC(C(=O)c3nc(CN)ccc3C3CC3)CC2)cc1. The molecule has 6 nitrogen and oxygen atoms in total. The highest BCUT2D eigenvalue weighted by Crippen LogP contribution is 2.43. The van der Waals surface area contributed by atoms with Gasteiger partial charge in [-0.2, -0.15) is 0 Å². The van der Waals surface area contributed by atoms with E-state index < -0.39 is 11.7 Å². The Morgan fingerprint density at radius 3 is 2.18 bits per heavy atom. The third-order valence-corrected chi connectivity index (χ3v) is 6.57. The van der Waals surface area contributed by atoms with Gasteiger partial charge in [-0.25, -0.2) is 9.78 Å². The van der Waals surface area contributed by atoms with Crippen LogP contribution in [0.4, 0.5) is 10.5 Å². The minimum atomic E-state index is -0.527. The van der Waals surface area contributed by atoms with Gasteiger partial charge in [0.2, 0.25) is 0 Å². The number of rotatable bonds is 6. The number of nitrogens with two attached hydrogens (primary N) is 1. The summed E-state index contributed by atoms with van der Waals surface area (Å²) in [6.07, 6.45) is 5.55. The van der Waals surface area contributed by atoms with E-state index in [4.69, 9.17) is 10.5 Å². The summed E-state index contributed by atoms with van der Waals surface area (Å²) < 4.78 is 5.31. The summed E-state index contributed by atoms with van der Waals surface area (Å²) in [5, 5.41) is 2.78. The molecule has 1 aromatic carbocycles. The fourth-order valence-corrected chi connectivity index (χ4v) is 4.69. The van der Waals surface area contributed by atoms with Gasteiger partial charge >= 0.3 is 6.09 Å². The van der Waals surface area contributed by atoms with Crippen molar-refractivity contribution in [3.63, 3.8) is 0 Å². The fraction of sp³-hybridized carbons (Fsp3) is 0.519. The van der Waals surface area contributed by atoms with Crippen LogP contribution in [-0.2, 0) is 11.3 Å². The second-order valence-electron chi connectivity index (χ2n) is 10.4. The maximum atomic E-state index is 13.4. The molecule has 33 heavy (non-hydrogen) atoms. The second-order valence-corrected chi connectivity index (χ2v) is 10.4. The largest absolute Gasteiger partial charge is 0.444 e. The smallest absolute Gasteiger partial charge is 0.412 e. The van der Waals surface area contributed by atoms with E-state index >= 15 is 0 Å². The molecule has 1 heterocycles. The summed E-state index contributed by atoms with van der Waals surface area (Å²) in [4.78, 5) is 30.0. The lowest BCUT2D eigenvalue weighted by Gasteiger charge is -2.28. The molecule has 2 saturated carbocycles. The van der Waals surface area contributed by atoms with Crippen molar-refractivity contribution in [1.82, 2.24) is 4.98 Å². The van der Waals surface area contributed by atoms with Crippen molar-refractivity contribution < 1.29 is 14.3 Å². The number of amides is 1. The lowest BCUT2D eigenvalue weighted by Crippen LogP contribution is -2.27. The molecule has 0 spiro atoms. The van der Waals surface area contributed by atoms with Gasteiger partial charge in [0.1, 0.15) is 11.3 Å². The quantitative estimate of drug-likeness (QED) is 0.534. The molecule has 2 fully saturated rings. The van der Waals surface area contributed by atoms with Gasteiger partial charge in [0.15, 0.2) is 5.78 Å². The predicted octanol–water partition coefficient (Wildman–Crippen LogP) is 5.92. The van der Waals surface area contributed by atoms with Gasteiger partial charge in [-0.15, -0.1) is 0 Å². The normalized spacial score (nSPS) is 20.8. The van der Waals surface area contributed by atoms with Crippen molar-refractivity contribution in [2.75, 3.05) is 5.32 Å². The zero-order chi connectivity index (χ0) is 23.6. The van der Waals surface area contributed by atoms with Gasteiger partial charge in [0.25, 0.3) is 0 Å². The summed E-state index contributed by atoms with van der Waals surface area (Å²) in [6.45, 7) is 5.88. The van der Waals surface area contributed by atoms with Crippen LogP contribution < -0.4 is 11.1 Å². The number of hydrogen-bond acceptors (Lipinski definition) is 5. The van der Waals surface area contributed by atoms with Crippen molar-refractivity contribution >= 4 is 17.6 Å². The molecule has 0 bridgehead atoms. The average Bonchev–Trinajstić information content (AvgIpc) is 3.63. The first-order valence-electron chi connectivity index (χ1n) is 12.1. The lowest BCUT2D eigenvalue weighted by atomic mass is 9.76. The van der Waals surface area contributed by atoms with E-state index in [1.54, 1.807) is 0 Å². The minimum absolute atomic E-state index is 0.0346. The summed E-state index contributed by atoms with van der Waals surface area (Å²) in [6, 6.07) is 12.0. The lowest BCUT2D eigenvalue weighted by molar-refractivity contribution is 0.0635. The van der Waals surface area contributed by atoms with Gasteiger partial charge < -0.3 is 10.5 Å². The van der Waals surface area contributed by atoms with E-state index in [9.17, 15) is 9.59 Å². The molecule has 0 atom stereocenters. The van der Waals surface area contributed by atoms with Crippen LogP contribution in [0.2, 0.25) is 0 Å². The third-order valence-electron chi connectivity index (χ3n) is 6.57. The number of nitrogens with zero attached hydrogens (tertiary/aromatic N) is 1. The zero-order valence-corrected chi connectivity index (χ0v) is 19.9. The van der Waals surface area contributed by atoms with Crippen molar-refractivity contribution in [2.45, 2.75) is 83.3 Å². The molecular weight excluding hydrogens is 414 g/mol. The topological polar surface area (TPSA) is 94.3 Å². The molecule has 0 radical (unpaired) electrons. The van der Waals surface area contributed by atoms with Crippen LogP contribution in [0.1, 0.15) is 98.4 Å². The van der Waals surface area contributed by atoms with Crippen LogP contribution in [0.15, 0.2) is 36.4 Å². The number of carbonyl (C=O) groups is 2. The number of benzene rings is 1. The van der Waals surface area contributed by atoms with Gasteiger partial charge in [0, 0.05) is 18.2 Å². The van der Waals surface area contributed by atoms with Crippen molar-refractivity contribution in [2.24, 2.45) is 11.7 Å². The van der Waals surface area contributed by atoms with E-state index in [0.29, 0.717) is 24.1 Å². The highest BCUT2D eigenvalue weighted by Gasteiger charge is 2.33. The number of hydrogen-bond donors (Lipinski definition) is 2. The van der Waals surface area contributed by atoms with E-state index in [1.165, 1.54) is 5.56 Å². The van der Waals surface area contributed by atoms with Gasteiger partial charge in [-0.1, -0.05) is 18.2 Å². The first-order valence-corrected chi connectivity index (χ1v) is 12.1. The van der Waals surface area contributed by atoms with Crippen molar-refractivity contribution in [3.8, 4) is 0 Å². The molecule has 3 N–H and O–H groups in total. The molecule has 176 valence electrons. The van der Waals surface area contributed by atoms with Gasteiger partial charge in [0.05, 0.1) is 5.69 Å². The minimum Gasteiger partial charge on any atom is -0.444 e. The highest BCUT2D eigenvalue weighted by atomic mass is 16.6. The van der Waals surface area contributed by atoms with Crippen LogP contribution in [0.5, 0.6) is 0 Å². The molecule has 6 heteroatoms. The fourth-order valence-electron chi connectivity index (χ4n) is 4.69. The van der Waals surface area contributed by atoms with Crippen LogP contribution in [-0.4, -0.2) is 22.5 Å². The number of carbonyl (C=O) groups excluding carboxylic acids is 2. The monoisotopic (exact) mass is 449 g/mol. The molecule has 1 amide bonds. The van der Waals surface area contributed by atoms with E-state index in [1.807, 2.05) is 39.0 Å². The standard InChI is InChI=1S/C27H35N3O3/c1-27(2,3)33-26(32)30-21-12-10-18(11-13-21)17-4-8-20(9-5-17)25(31)24-23(19-6-7-19)15-14-22(16-28)29-24/h10-15,17,19-20H,4-9,16,28H2,1-3H3,(H,30,32). The maximum absolute atomic E-state index is 13.4. The Balaban J connectivity index is 1.35. The molecule has 1 aromatic heterocycles. The van der Waals surface area contributed by atoms with E-state index in [-0.39, 0.29) is 11.7 Å². The van der Waals surface area contributed by atoms with Crippen LogP contribution >= 0.6 is 0 Å². The average molecular weight is 450 g/mol. The number of Topliss-reactive ketones (excluding diaryl/α,β-unsaturated/α-hetero) is 1. The number of ketones is 1. The Labute approximate surface area is 196 Å². The predicted molar refractivity (Wildman–Crippen MR) is 129 cm³/mol. The molecular formula is C27H35N3O3. The van der Waals surface area contributed by atoms with Crippen LogP contribution in [0.3, 0.4) is 0 Å². The first-order chi connectivity index (χ1) is 15.7. The Bertz CT molecular complexity index is 998. The Kier molecular flexibility index (Phi) is 6.84. The number of pyridine rings is 1. The maximum Gasteiger partial charge on any atom is 0.412 e. The highest BCUT2D eigenvalue weighted by molar-refractivity contribution is 5.97. The summed E-state index contributed by atoms with van der Waals surface area (Å²) in [7, 11) is 0. The number of anilines is 1. The molecule has 2 aliphatic rings. The van der Waals surface area contributed by atoms with Gasteiger partial charge in [-0.05, 0) is 100 Å². The first kappa shape index (κ1) is 23.4. The Morgan fingerprint density at radius 1 is 0.970 bits per heavy atom. The Hall–Kier alpha value is -2.73. The molecule has 0 saturated heterocycles. The molecule has 2 aromatic rings. The number of nitrogens with one attached hydrogen (secondary N) is 1. The van der Waals surface area contributed by atoms with Gasteiger partial charge in [-0.3, -0.25) is 10.1 Å². The van der Waals surface area contributed by atoms with E-state index in [2.05, 4.69) is 28.5 Å². The third kappa shape index (κ3) is 5.99. The number of aromatic nitrogens is 1. The van der Waals surface area contributed by atoms with Crippen molar-refractivity contribution in [1.29, 1.82) is 0 Å². The zero-order valence-electron chi connectivity index (χ0n) is 19.9. The second kappa shape index (κ2) is 9.64. The number of ether oxygens (including phenoxy) is 1.